The molecule has 0 fully saturated rings. The van der Waals surface area contributed by atoms with Gasteiger partial charge in [0.15, 0.2) is 0 Å². The van der Waals surface area contributed by atoms with E-state index in [1.807, 2.05) is 0 Å². The summed E-state index contributed by atoms with van der Waals surface area (Å²) in [5.41, 5.74) is 0.929. The van der Waals surface area contributed by atoms with Crippen LogP contribution in [-0.4, -0.2) is 18.9 Å². The van der Waals surface area contributed by atoms with Gasteiger partial charge in [0.2, 0.25) is 0 Å². The van der Waals surface area contributed by atoms with E-state index in [0.717, 1.165) is 4.47 Å². The van der Waals surface area contributed by atoms with Crippen LogP contribution in [0.1, 0.15) is 0 Å². The number of methoxy groups -OCH3 is 1. The van der Waals surface area contributed by atoms with Crippen molar-refractivity contribution < 1.29 is 14.3 Å². The number of hydrogen-bond donors (Lipinski definition) is 2. The second kappa shape index (κ2) is 7.29. The van der Waals surface area contributed by atoms with E-state index in [4.69, 9.17) is 16.3 Å². The van der Waals surface area contributed by atoms with Crippen LogP contribution in [0.4, 0.5) is 11.4 Å². The van der Waals surface area contributed by atoms with Gasteiger partial charge in [0.05, 0.1) is 12.1 Å². The van der Waals surface area contributed by atoms with Crippen LogP contribution < -0.4 is 15.4 Å². The third-order valence-corrected chi connectivity index (χ3v) is 3.54. The molecule has 2 aromatic carbocycles. The SMILES string of the molecule is COc1ccc(NC(=O)C(=O)Nc2ccc(Br)cc2)cc1Cl. The minimum atomic E-state index is -0.788. The highest BCUT2D eigenvalue weighted by atomic mass is 79.9. The summed E-state index contributed by atoms with van der Waals surface area (Å²) in [6.07, 6.45) is 0. The van der Waals surface area contributed by atoms with Gasteiger partial charge in [-0.15, -0.1) is 0 Å². The second-order valence-corrected chi connectivity index (χ2v) is 5.59. The summed E-state index contributed by atoms with van der Waals surface area (Å²) in [7, 11) is 1.49. The fourth-order valence-electron chi connectivity index (χ4n) is 1.65. The minimum absolute atomic E-state index is 0.341. The van der Waals surface area contributed by atoms with Crippen molar-refractivity contribution in [2.24, 2.45) is 0 Å². The number of anilines is 2. The molecule has 2 N–H and O–H groups in total. The molecular weight excluding hydrogens is 372 g/mol. The summed E-state index contributed by atoms with van der Waals surface area (Å²) >= 11 is 9.24. The zero-order valence-corrected chi connectivity index (χ0v) is 13.9. The monoisotopic (exact) mass is 382 g/mol. The molecule has 0 unspecified atom stereocenters. The molecule has 2 rings (SSSR count). The van der Waals surface area contributed by atoms with E-state index in [-0.39, 0.29) is 0 Å². The number of carbonyl (C=O) groups excluding carboxylic acids is 2. The molecule has 0 atom stereocenters. The van der Waals surface area contributed by atoms with Crippen molar-refractivity contribution in [2.75, 3.05) is 17.7 Å². The predicted octanol–water partition coefficient (Wildman–Crippen LogP) is 3.69. The highest BCUT2D eigenvalue weighted by molar-refractivity contribution is 9.10. The first kappa shape index (κ1) is 16.3. The number of benzene rings is 2. The van der Waals surface area contributed by atoms with Crippen molar-refractivity contribution in [3.63, 3.8) is 0 Å². The van der Waals surface area contributed by atoms with Crippen molar-refractivity contribution >= 4 is 50.7 Å². The van der Waals surface area contributed by atoms with Gasteiger partial charge in [0.25, 0.3) is 0 Å². The minimum Gasteiger partial charge on any atom is -0.495 e. The Morgan fingerprint density at radius 3 is 2.09 bits per heavy atom. The molecule has 5 nitrogen and oxygen atoms in total. The van der Waals surface area contributed by atoms with Gasteiger partial charge in [-0.1, -0.05) is 27.5 Å². The topological polar surface area (TPSA) is 67.4 Å². The summed E-state index contributed by atoms with van der Waals surface area (Å²) in [6.45, 7) is 0. The predicted molar refractivity (Wildman–Crippen MR) is 89.4 cm³/mol. The van der Waals surface area contributed by atoms with Crippen LogP contribution in [0, 0.1) is 0 Å². The maximum Gasteiger partial charge on any atom is 0.314 e. The van der Waals surface area contributed by atoms with E-state index in [9.17, 15) is 9.59 Å². The second-order valence-electron chi connectivity index (χ2n) is 4.26. The number of rotatable bonds is 3. The molecule has 114 valence electrons. The number of hydrogen-bond acceptors (Lipinski definition) is 3. The Bertz CT molecular complexity index is 704. The summed E-state index contributed by atoms with van der Waals surface area (Å²) < 4.78 is 5.89. The van der Waals surface area contributed by atoms with Gasteiger partial charge in [0.1, 0.15) is 5.75 Å². The van der Waals surface area contributed by atoms with Crippen LogP contribution in [0.15, 0.2) is 46.9 Å². The smallest absolute Gasteiger partial charge is 0.314 e. The molecule has 7 heteroatoms. The quantitative estimate of drug-likeness (QED) is 0.794. The fraction of sp³-hybridized carbons (Fsp3) is 0.0667. The van der Waals surface area contributed by atoms with Crippen LogP contribution >= 0.6 is 27.5 Å². The molecule has 0 aliphatic rings. The molecule has 0 bridgehead atoms. The van der Waals surface area contributed by atoms with Crippen LogP contribution in [-0.2, 0) is 9.59 Å². The molecule has 0 saturated carbocycles. The number of carbonyl (C=O) groups is 2. The maximum atomic E-state index is 11.8. The summed E-state index contributed by atoms with van der Waals surface area (Å²) in [5.74, 6) is -1.07. The number of nitrogens with one attached hydrogen (secondary N) is 2. The molecule has 0 aromatic heterocycles. The maximum absolute atomic E-state index is 11.8. The highest BCUT2D eigenvalue weighted by Gasteiger charge is 2.14. The van der Waals surface area contributed by atoms with E-state index in [0.29, 0.717) is 22.1 Å². The van der Waals surface area contributed by atoms with Crippen molar-refractivity contribution in [3.8, 4) is 5.75 Å². The van der Waals surface area contributed by atoms with E-state index in [2.05, 4.69) is 26.6 Å². The Hall–Kier alpha value is -2.05. The zero-order valence-electron chi connectivity index (χ0n) is 11.5. The third-order valence-electron chi connectivity index (χ3n) is 2.72. The Morgan fingerprint density at radius 1 is 1.00 bits per heavy atom. The van der Waals surface area contributed by atoms with Gasteiger partial charge in [-0.2, -0.15) is 0 Å². The fourth-order valence-corrected chi connectivity index (χ4v) is 2.18. The van der Waals surface area contributed by atoms with Crippen molar-refractivity contribution in [3.05, 3.63) is 52.0 Å². The van der Waals surface area contributed by atoms with Crippen molar-refractivity contribution in [1.82, 2.24) is 0 Å². The summed E-state index contributed by atoms with van der Waals surface area (Å²) in [4.78, 5) is 23.7. The first-order valence-electron chi connectivity index (χ1n) is 6.21. The average Bonchev–Trinajstić information content (AvgIpc) is 2.49. The summed E-state index contributed by atoms with van der Waals surface area (Å²) in [5, 5.41) is 5.30. The van der Waals surface area contributed by atoms with Gasteiger partial charge < -0.3 is 15.4 Å². The zero-order chi connectivity index (χ0) is 16.1. The van der Waals surface area contributed by atoms with Gasteiger partial charge in [-0.3, -0.25) is 9.59 Å². The molecule has 2 aromatic rings. The lowest BCUT2D eigenvalue weighted by Crippen LogP contribution is -2.29. The van der Waals surface area contributed by atoms with Crippen LogP contribution in [0.25, 0.3) is 0 Å². The molecule has 0 aliphatic carbocycles. The molecule has 0 radical (unpaired) electrons. The standard InChI is InChI=1S/C15H12BrClN2O3/c1-22-13-7-6-11(8-12(13)17)19-15(21)14(20)18-10-4-2-9(16)3-5-10/h2-8H,1H3,(H,18,20)(H,19,21). The van der Waals surface area contributed by atoms with E-state index >= 15 is 0 Å². The van der Waals surface area contributed by atoms with Gasteiger partial charge in [-0.25, -0.2) is 0 Å². The number of halogens is 2. The molecule has 0 saturated heterocycles. The van der Waals surface area contributed by atoms with Gasteiger partial charge in [0, 0.05) is 15.8 Å². The molecular formula is C15H12BrClN2O3. The van der Waals surface area contributed by atoms with Crippen molar-refractivity contribution in [1.29, 1.82) is 0 Å². The Labute approximate surface area is 140 Å². The number of amides is 2. The highest BCUT2D eigenvalue weighted by Crippen LogP contribution is 2.27. The first-order chi connectivity index (χ1) is 10.5. The van der Waals surface area contributed by atoms with Crippen LogP contribution in [0.3, 0.4) is 0 Å². The molecule has 0 aliphatic heterocycles. The Balaban J connectivity index is 2.00. The molecule has 0 heterocycles. The normalized spacial score (nSPS) is 9.95. The van der Waals surface area contributed by atoms with Crippen LogP contribution in [0.2, 0.25) is 5.02 Å². The molecule has 0 spiro atoms. The van der Waals surface area contributed by atoms with E-state index in [1.165, 1.54) is 13.2 Å². The van der Waals surface area contributed by atoms with Crippen LogP contribution in [0.5, 0.6) is 5.75 Å². The van der Waals surface area contributed by atoms with Gasteiger partial charge in [-0.05, 0) is 42.5 Å². The lowest BCUT2D eigenvalue weighted by Gasteiger charge is -2.08. The Morgan fingerprint density at radius 2 is 1.55 bits per heavy atom. The number of ether oxygens (including phenoxy) is 1. The average molecular weight is 384 g/mol. The van der Waals surface area contributed by atoms with Crippen molar-refractivity contribution in [2.45, 2.75) is 0 Å². The van der Waals surface area contributed by atoms with E-state index < -0.39 is 11.8 Å². The lowest BCUT2D eigenvalue weighted by molar-refractivity contribution is -0.132. The lowest BCUT2D eigenvalue weighted by atomic mass is 10.3. The largest absolute Gasteiger partial charge is 0.495 e. The first-order valence-corrected chi connectivity index (χ1v) is 7.38. The third kappa shape index (κ3) is 4.22. The Kier molecular flexibility index (Phi) is 5.41. The van der Waals surface area contributed by atoms with Gasteiger partial charge >= 0.3 is 11.8 Å². The molecule has 2 amide bonds. The summed E-state index contributed by atoms with van der Waals surface area (Å²) in [6, 6.07) is 11.6. The van der Waals surface area contributed by atoms with E-state index in [1.54, 1.807) is 36.4 Å². The molecule has 22 heavy (non-hydrogen) atoms.